The maximum absolute atomic E-state index is 14.5. The number of hydrogen-bond donors (Lipinski definition) is 3. The van der Waals surface area contributed by atoms with Crippen molar-refractivity contribution >= 4 is 23.3 Å². The summed E-state index contributed by atoms with van der Waals surface area (Å²) in [5, 5.41) is 17.2. The molecule has 0 aromatic heterocycles. The Bertz CT molecular complexity index is 1160. The SMILES string of the molecule is CN1C=C2C(=C(C3=CCNC(CC(=O)N(C)CCO)C3)C1)NN=C1C=Cc3cc(F)cc2c31. The van der Waals surface area contributed by atoms with Crippen LogP contribution in [0, 0.1) is 5.82 Å². The molecule has 0 saturated carbocycles. The summed E-state index contributed by atoms with van der Waals surface area (Å²) < 4.78 is 14.5. The van der Waals surface area contributed by atoms with E-state index in [2.05, 4.69) is 26.8 Å². The second-order valence-corrected chi connectivity index (χ2v) is 8.95. The number of benzene rings is 1. The molecular formula is C25H28FN5O2. The highest BCUT2D eigenvalue weighted by molar-refractivity contribution is 6.20. The van der Waals surface area contributed by atoms with Gasteiger partial charge in [-0.25, -0.2) is 4.39 Å². The number of carbonyl (C=O) groups excluding carboxylic acids is 1. The highest BCUT2D eigenvalue weighted by Crippen LogP contribution is 2.39. The Hall–Kier alpha value is -3.23. The minimum absolute atomic E-state index is 0.00870. The molecule has 172 valence electrons. The molecule has 7 nitrogen and oxygen atoms in total. The zero-order chi connectivity index (χ0) is 23.1. The summed E-state index contributed by atoms with van der Waals surface area (Å²) in [6.45, 7) is 1.65. The maximum Gasteiger partial charge on any atom is 0.223 e. The molecule has 8 heteroatoms. The Morgan fingerprint density at radius 3 is 3.03 bits per heavy atom. The molecule has 3 N–H and O–H groups in total. The smallest absolute Gasteiger partial charge is 0.223 e. The van der Waals surface area contributed by atoms with Crippen molar-refractivity contribution in [1.82, 2.24) is 20.5 Å². The topological polar surface area (TPSA) is 80.2 Å². The number of aliphatic hydroxyl groups excluding tert-OH is 1. The van der Waals surface area contributed by atoms with Gasteiger partial charge in [-0.1, -0.05) is 12.2 Å². The van der Waals surface area contributed by atoms with Crippen LogP contribution in [0.1, 0.15) is 29.5 Å². The van der Waals surface area contributed by atoms with Gasteiger partial charge in [0.25, 0.3) is 0 Å². The highest BCUT2D eigenvalue weighted by Gasteiger charge is 2.31. The van der Waals surface area contributed by atoms with Crippen molar-refractivity contribution in [3.8, 4) is 0 Å². The molecule has 0 spiro atoms. The van der Waals surface area contributed by atoms with Crippen LogP contribution in [0.4, 0.5) is 4.39 Å². The Balaban J connectivity index is 1.48. The van der Waals surface area contributed by atoms with E-state index in [1.54, 1.807) is 24.1 Å². The molecule has 1 amide bonds. The summed E-state index contributed by atoms with van der Waals surface area (Å²) in [6, 6.07) is 3.15. The predicted molar refractivity (Wildman–Crippen MR) is 127 cm³/mol. The summed E-state index contributed by atoms with van der Waals surface area (Å²) in [4.78, 5) is 16.2. The molecule has 5 rings (SSSR count). The number of carbonyl (C=O) groups is 1. The molecule has 1 aliphatic carbocycles. The quantitative estimate of drug-likeness (QED) is 0.639. The second kappa shape index (κ2) is 8.61. The fourth-order valence-electron chi connectivity index (χ4n) is 4.94. The molecule has 1 aromatic rings. The third-order valence-corrected chi connectivity index (χ3v) is 6.61. The monoisotopic (exact) mass is 449 g/mol. The minimum atomic E-state index is -0.266. The van der Waals surface area contributed by atoms with Crippen molar-refractivity contribution in [2.75, 3.05) is 40.3 Å². The van der Waals surface area contributed by atoms with E-state index in [-0.39, 0.29) is 24.4 Å². The number of likely N-dealkylation sites (N-methyl/N-ethyl adjacent to an activating group) is 2. The first-order valence-corrected chi connectivity index (χ1v) is 11.2. The van der Waals surface area contributed by atoms with Crippen LogP contribution in [0.15, 0.2) is 52.4 Å². The van der Waals surface area contributed by atoms with Crippen LogP contribution in [0.3, 0.4) is 0 Å². The van der Waals surface area contributed by atoms with Gasteiger partial charge in [-0.05, 0) is 41.3 Å². The van der Waals surface area contributed by atoms with Crippen molar-refractivity contribution in [3.63, 3.8) is 0 Å². The summed E-state index contributed by atoms with van der Waals surface area (Å²) >= 11 is 0. The number of nitrogens with zero attached hydrogens (tertiary/aromatic N) is 3. The molecule has 0 radical (unpaired) electrons. The molecule has 1 atom stereocenters. The summed E-state index contributed by atoms with van der Waals surface area (Å²) in [7, 11) is 3.73. The van der Waals surface area contributed by atoms with E-state index in [0.29, 0.717) is 32.5 Å². The average molecular weight is 450 g/mol. The molecule has 3 heterocycles. The van der Waals surface area contributed by atoms with Crippen molar-refractivity contribution in [2.24, 2.45) is 5.10 Å². The minimum Gasteiger partial charge on any atom is -0.395 e. The third-order valence-electron chi connectivity index (χ3n) is 6.61. The lowest BCUT2D eigenvalue weighted by Crippen LogP contribution is -2.40. The molecule has 33 heavy (non-hydrogen) atoms. The van der Waals surface area contributed by atoms with Crippen molar-refractivity contribution < 1.29 is 14.3 Å². The fraction of sp³-hybridized carbons (Fsp3) is 0.360. The lowest BCUT2D eigenvalue weighted by molar-refractivity contribution is -0.130. The van der Waals surface area contributed by atoms with Gasteiger partial charge in [0.15, 0.2) is 0 Å². The Morgan fingerprint density at radius 2 is 2.21 bits per heavy atom. The zero-order valence-electron chi connectivity index (χ0n) is 18.9. The van der Waals surface area contributed by atoms with E-state index in [0.717, 1.165) is 39.2 Å². The van der Waals surface area contributed by atoms with Gasteiger partial charge in [0.2, 0.25) is 5.91 Å². The van der Waals surface area contributed by atoms with Gasteiger partial charge in [-0.15, -0.1) is 0 Å². The van der Waals surface area contributed by atoms with Gasteiger partial charge in [0.05, 0.1) is 18.0 Å². The van der Waals surface area contributed by atoms with Gasteiger partial charge >= 0.3 is 0 Å². The highest BCUT2D eigenvalue weighted by atomic mass is 19.1. The van der Waals surface area contributed by atoms with Crippen LogP contribution in [0.5, 0.6) is 0 Å². The van der Waals surface area contributed by atoms with Crippen molar-refractivity contribution in [2.45, 2.75) is 18.9 Å². The van der Waals surface area contributed by atoms with E-state index in [1.807, 2.05) is 25.4 Å². The lowest BCUT2D eigenvalue weighted by Gasteiger charge is -2.32. The van der Waals surface area contributed by atoms with E-state index in [9.17, 15) is 9.18 Å². The van der Waals surface area contributed by atoms with E-state index in [1.165, 1.54) is 5.57 Å². The van der Waals surface area contributed by atoms with Gasteiger partial charge in [0.1, 0.15) is 5.82 Å². The van der Waals surface area contributed by atoms with E-state index >= 15 is 0 Å². The molecule has 4 aliphatic rings. The Morgan fingerprint density at radius 1 is 1.36 bits per heavy atom. The van der Waals surface area contributed by atoms with Crippen LogP contribution in [-0.4, -0.2) is 72.9 Å². The lowest BCUT2D eigenvalue weighted by atomic mass is 9.86. The number of hydrogen-bond acceptors (Lipinski definition) is 6. The molecule has 0 saturated heterocycles. The summed E-state index contributed by atoms with van der Waals surface area (Å²) in [5.74, 6) is -0.257. The number of halogens is 1. The van der Waals surface area contributed by atoms with Crippen LogP contribution >= 0.6 is 0 Å². The predicted octanol–water partition coefficient (Wildman–Crippen LogP) is 1.83. The molecule has 1 unspecified atom stereocenters. The molecular weight excluding hydrogens is 421 g/mol. The first kappa shape index (κ1) is 21.6. The number of allylic oxidation sites excluding steroid dienone is 2. The number of fused-ring (bicyclic) bond motifs is 2. The van der Waals surface area contributed by atoms with E-state index < -0.39 is 0 Å². The van der Waals surface area contributed by atoms with Gasteiger partial charge in [-0.2, -0.15) is 5.10 Å². The Kier molecular flexibility index (Phi) is 5.64. The fourth-order valence-corrected chi connectivity index (χ4v) is 4.94. The summed E-state index contributed by atoms with van der Waals surface area (Å²) in [5.41, 5.74) is 10.8. The molecule has 0 bridgehead atoms. The number of rotatable bonds is 5. The Labute approximate surface area is 192 Å². The molecule has 1 aromatic carbocycles. The maximum atomic E-state index is 14.5. The molecule has 0 fully saturated rings. The van der Waals surface area contributed by atoms with Gasteiger partial charge in [0, 0.05) is 69.1 Å². The van der Waals surface area contributed by atoms with E-state index in [4.69, 9.17) is 5.11 Å². The zero-order valence-corrected chi connectivity index (χ0v) is 18.9. The standard InChI is InChI=1S/C25H28FN5O2/c1-30-13-20(15-5-6-27-18(10-15)12-23(33)31(2)7-8-32)25-21(14-30)19-11-17(26)9-16-3-4-22(24(16)19)28-29-25/h3-5,9,11,14,18,27,29,32H,6-8,10,12-13H2,1-2H3. The second-order valence-electron chi connectivity index (χ2n) is 8.95. The number of nitrogens with one attached hydrogen (secondary N) is 2. The van der Waals surface area contributed by atoms with Gasteiger partial charge in [-0.3, -0.25) is 10.2 Å². The number of hydrazone groups is 1. The van der Waals surface area contributed by atoms with Gasteiger partial charge < -0.3 is 20.2 Å². The molecule has 3 aliphatic heterocycles. The average Bonchev–Trinajstić information content (AvgIpc) is 3.12. The number of aliphatic hydroxyl groups is 1. The summed E-state index contributed by atoms with van der Waals surface area (Å²) in [6.07, 6.45) is 9.10. The first-order chi connectivity index (χ1) is 15.9. The third kappa shape index (κ3) is 4.00. The normalized spacial score (nSPS) is 20.9. The van der Waals surface area contributed by atoms with Crippen LogP contribution < -0.4 is 10.7 Å². The van der Waals surface area contributed by atoms with Crippen molar-refractivity contribution in [1.29, 1.82) is 0 Å². The largest absolute Gasteiger partial charge is 0.395 e. The first-order valence-electron chi connectivity index (χ1n) is 11.2. The van der Waals surface area contributed by atoms with Crippen LogP contribution in [-0.2, 0) is 4.79 Å². The van der Waals surface area contributed by atoms with Crippen molar-refractivity contribution in [3.05, 3.63) is 69.8 Å². The van der Waals surface area contributed by atoms with Crippen LogP contribution in [0.25, 0.3) is 11.6 Å². The van der Waals surface area contributed by atoms with Crippen LogP contribution in [0.2, 0.25) is 0 Å². The number of amides is 1.